The molecule has 3 N–H and O–H groups in total. The van der Waals surface area contributed by atoms with E-state index < -0.39 is 28.7 Å². The van der Waals surface area contributed by atoms with Crippen LogP contribution >= 0.6 is 11.8 Å². The van der Waals surface area contributed by atoms with E-state index in [0.717, 1.165) is 25.7 Å². The van der Waals surface area contributed by atoms with Gasteiger partial charge >= 0.3 is 0 Å². The third-order valence-electron chi connectivity index (χ3n) is 7.59. The molecule has 8 heteroatoms. The van der Waals surface area contributed by atoms with Crippen molar-refractivity contribution in [1.29, 1.82) is 0 Å². The first-order valence-electron chi connectivity index (χ1n) is 12.1. The fourth-order valence-electron chi connectivity index (χ4n) is 6.05. The van der Waals surface area contributed by atoms with Crippen LogP contribution in [0.25, 0.3) is 0 Å². The number of likely N-dealkylation sites (tertiary alicyclic amines) is 1. The van der Waals surface area contributed by atoms with E-state index in [2.05, 4.69) is 24.5 Å². The summed E-state index contributed by atoms with van der Waals surface area (Å²) in [5, 5.41) is 16.0. The Bertz CT molecular complexity index is 897. The number of hydrogen-bond donors (Lipinski definition) is 3. The fourth-order valence-corrected chi connectivity index (χ4v) is 8.46. The summed E-state index contributed by atoms with van der Waals surface area (Å²) in [5.74, 6) is -1.45. The number of unbranched alkanes of at least 4 members (excludes halogenated alkanes) is 2. The predicted octanol–water partition coefficient (Wildman–Crippen LogP) is 2.65. The number of fused-ring (bicyclic) bond motifs is 1. The molecule has 3 amide bonds. The van der Waals surface area contributed by atoms with E-state index in [0.29, 0.717) is 12.2 Å². The Kier molecular flexibility index (Phi) is 7.05. The minimum Gasteiger partial charge on any atom is -0.394 e. The highest BCUT2D eigenvalue weighted by molar-refractivity contribution is 8.02. The molecule has 3 heterocycles. The van der Waals surface area contributed by atoms with Crippen molar-refractivity contribution in [2.75, 3.05) is 18.5 Å². The summed E-state index contributed by atoms with van der Waals surface area (Å²) in [6.07, 6.45) is 3.78. The number of carbonyl (C=O) groups is 3. The highest BCUT2D eigenvalue weighted by Crippen LogP contribution is 2.68. The molecule has 1 aromatic rings. The van der Waals surface area contributed by atoms with Crippen LogP contribution in [0.3, 0.4) is 0 Å². The number of rotatable bonds is 9. The van der Waals surface area contributed by atoms with Gasteiger partial charge in [0.15, 0.2) is 0 Å². The summed E-state index contributed by atoms with van der Waals surface area (Å²) >= 11 is 1.65. The number of thioether (sulfide) groups is 1. The van der Waals surface area contributed by atoms with E-state index >= 15 is 0 Å². The lowest BCUT2D eigenvalue weighted by Gasteiger charge is -2.39. The topological polar surface area (TPSA) is 98.7 Å². The summed E-state index contributed by atoms with van der Waals surface area (Å²) in [5.41, 5.74) is 0.702. The van der Waals surface area contributed by atoms with Gasteiger partial charge in [-0.05, 0) is 37.8 Å². The first-order valence-corrected chi connectivity index (χ1v) is 13.0. The Labute approximate surface area is 200 Å². The van der Waals surface area contributed by atoms with Crippen LogP contribution in [0.4, 0.5) is 5.69 Å². The summed E-state index contributed by atoms with van der Waals surface area (Å²) in [6, 6.07) is 8.10. The van der Waals surface area contributed by atoms with Crippen LogP contribution in [0.1, 0.15) is 46.5 Å². The standard InChI is InChI=1S/C25H35N3O4S/c1-4-5-9-12-26-23(31)21-25-15(2)13-18(33-25)19(20(25)24(32)28(21)16(3)14-29)22(30)27-17-10-7-6-8-11-17/h6-8,10-11,15-16,18-21,29H,4-5,9,12-14H2,1-3H3,(H,26,31)(H,27,30)/t15?,16-,18+,19-,20+,21?,25?/m1/s1. The number of aliphatic hydroxyl groups is 1. The maximum Gasteiger partial charge on any atom is 0.244 e. The molecule has 1 spiro atoms. The molecule has 4 rings (SSSR count). The van der Waals surface area contributed by atoms with Crippen molar-refractivity contribution >= 4 is 35.2 Å². The smallest absolute Gasteiger partial charge is 0.244 e. The average molecular weight is 474 g/mol. The summed E-state index contributed by atoms with van der Waals surface area (Å²) < 4.78 is -0.654. The quantitative estimate of drug-likeness (QED) is 0.479. The maximum absolute atomic E-state index is 13.8. The third kappa shape index (κ3) is 3.95. The highest BCUT2D eigenvalue weighted by Gasteiger charge is 2.76. The molecule has 1 aromatic carbocycles. The molecule has 3 saturated heterocycles. The summed E-state index contributed by atoms with van der Waals surface area (Å²) in [4.78, 5) is 42.3. The number of amides is 3. The molecule has 0 saturated carbocycles. The molecule has 3 unspecified atom stereocenters. The van der Waals surface area contributed by atoms with Crippen LogP contribution in [0.15, 0.2) is 30.3 Å². The van der Waals surface area contributed by atoms with Crippen LogP contribution < -0.4 is 10.6 Å². The Hall–Kier alpha value is -2.06. The number of hydrogen-bond acceptors (Lipinski definition) is 5. The molecule has 7 atom stereocenters. The van der Waals surface area contributed by atoms with Crippen LogP contribution in [-0.4, -0.2) is 63.0 Å². The molecule has 3 fully saturated rings. The number of anilines is 1. The molecule has 7 nitrogen and oxygen atoms in total. The molecule has 3 aliphatic rings. The van der Waals surface area contributed by atoms with Gasteiger partial charge in [0.2, 0.25) is 17.7 Å². The van der Waals surface area contributed by atoms with Gasteiger partial charge in [0.1, 0.15) is 6.04 Å². The van der Waals surface area contributed by atoms with E-state index in [4.69, 9.17) is 0 Å². The number of nitrogens with one attached hydrogen (secondary N) is 2. The molecule has 3 aliphatic heterocycles. The fraction of sp³-hybridized carbons (Fsp3) is 0.640. The van der Waals surface area contributed by atoms with E-state index in [-0.39, 0.29) is 35.5 Å². The van der Waals surface area contributed by atoms with Crippen molar-refractivity contribution in [3.63, 3.8) is 0 Å². The van der Waals surface area contributed by atoms with Crippen molar-refractivity contribution in [3.8, 4) is 0 Å². The molecule has 0 radical (unpaired) electrons. The van der Waals surface area contributed by atoms with Gasteiger partial charge in [-0.15, -0.1) is 11.8 Å². The molecular weight excluding hydrogens is 438 g/mol. The van der Waals surface area contributed by atoms with Crippen LogP contribution in [0.2, 0.25) is 0 Å². The van der Waals surface area contributed by atoms with Gasteiger partial charge in [-0.25, -0.2) is 0 Å². The average Bonchev–Trinajstić information content (AvgIpc) is 3.40. The van der Waals surface area contributed by atoms with Crippen molar-refractivity contribution in [2.24, 2.45) is 17.8 Å². The van der Waals surface area contributed by atoms with Gasteiger partial charge in [-0.2, -0.15) is 0 Å². The second kappa shape index (κ2) is 9.66. The van der Waals surface area contributed by atoms with Gasteiger partial charge < -0.3 is 20.6 Å². The lowest BCUT2D eigenvalue weighted by atomic mass is 9.66. The number of benzene rings is 1. The second-order valence-corrected chi connectivity index (χ2v) is 11.2. The first kappa shape index (κ1) is 24.1. The first-order chi connectivity index (χ1) is 15.9. The number of para-hydroxylation sites is 1. The van der Waals surface area contributed by atoms with Gasteiger partial charge in [-0.1, -0.05) is 44.9 Å². The molecule has 33 heavy (non-hydrogen) atoms. The monoisotopic (exact) mass is 473 g/mol. The Morgan fingerprint density at radius 3 is 2.64 bits per heavy atom. The lowest BCUT2D eigenvalue weighted by Crippen LogP contribution is -2.58. The van der Waals surface area contributed by atoms with Gasteiger partial charge in [0.25, 0.3) is 0 Å². The largest absolute Gasteiger partial charge is 0.394 e. The minimum atomic E-state index is -0.682. The van der Waals surface area contributed by atoms with E-state index in [1.54, 1.807) is 23.6 Å². The van der Waals surface area contributed by atoms with Crippen LogP contribution in [-0.2, 0) is 14.4 Å². The van der Waals surface area contributed by atoms with Crippen LogP contribution in [0, 0.1) is 17.8 Å². The predicted molar refractivity (Wildman–Crippen MR) is 130 cm³/mol. The third-order valence-corrected chi connectivity index (χ3v) is 9.67. The van der Waals surface area contributed by atoms with Crippen molar-refractivity contribution in [3.05, 3.63) is 30.3 Å². The molecule has 2 bridgehead atoms. The molecule has 180 valence electrons. The summed E-state index contributed by atoms with van der Waals surface area (Å²) in [7, 11) is 0. The Morgan fingerprint density at radius 1 is 1.24 bits per heavy atom. The van der Waals surface area contributed by atoms with E-state index in [1.165, 1.54) is 0 Å². The maximum atomic E-state index is 13.8. The van der Waals surface area contributed by atoms with Gasteiger partial charge in [0.05, 0.1) is 29.2 Å². The molecule has 0 aromatic heterocycles. The highest BCUT2D eigenvalue weighted by atomic mass is 32.2. The van der Waals surface area contributed by atoms with E-state index in [1.807, 2.05) is 30.3 Å². The van der Waals surface area contributed by atoms with Crippen molar-refractivity contribution < 1.29 is 19.5 Å². The van der Waals surface area contributed by atoms with Crippen LogP contribution in [0.5, 0.6) is 0 Å². The normalized spacial score (nSPS) is 33.2. The zero-order chi connectivity index (χ0) is 23.8. The van der Waals surface area contributed by atoms with Gasteiger partial charge in [-0.3, -0.25) is 14.4 Å². The summed E-state index contributed by atoms with van der Waals surface area (Å²) in [6.45, 7) is 6.33. The van der Waals surface area contributed by atoms with Crippen molar-refractivity contribution in [1.82, 2.24) is 10.2 Å². The molecular formula is C25H35N3O4S. The number of aliphatic hydroxyl groups excluding tert-OH is 1. The van der Waals surface area contributed by atoms with E-state index in [9.17, 15) is 19.5 Å². The Morgan fingerprint density at radius 2 is 1.97 bits per heavy atom. The molecule has 0 aliphatic carbocycles. The number of nitrogens with zero attached hydrogens (tertiary/aromatic N) is 1. The minimum absolute atomic E-state index is 0.000337. The lowest BCUT2D eigenvalue weighted by molar-refractivity contribution is -0.141. The second-order valence-electron chi connectivity index (χ2n) is 9.68. The number of carbonyl (C=O) groups excluding carboxylic acids is 3. The zero-order valence-electron chi connectivity index (χ0n) is 19.6. The zero-order valence-corrected chi connectivity index (χ0v) is 20.4. The van der Waals surface area contributed by atoms with Gasteiger partial charge in [0, 0.05) is 17.5 Å². The Balaban J connectivity index is 1.65. The van der Waals surface area contributed by atoms with Crippen molar-refractivity contribution in [2.45, 2.75) is 68.5 Å². The SMILES string of the molecule is CCCCCNC(=O)C1N([C@H](C)CO)C(=O)[C@@H]2[C@H](C(=O)Nc3ccccc3)[C@@H]3CC(C)C12S3.